The average Bonchev–Trinajstić information content (AvgIpc) is 3.18. The van der Waals surface area contributed by atoms with E-state index in [-0.39, 0.29) is 5.91 Å². The molecule has 1 aliphatic rings. The van der Waals surface area contributed by atoms with E-state index in [0.717, 1.165) is 11.0 Å². The van der Waals surface area contributed by atoms with Crippen LogP contribution in [0.1, 0.15) is 80.6 Å². The number of aromatic nitrogens is 3. The zero-order valence-corrected chi connectivity index (χ0v) is 16.7. The van der Waals surface area contributed by atoms with Crippen LogP contribution in [0.4, 0.5) is 0 Å². The van der Waals surface area contributed by atoms with Crippen molar-refractivity contribution in [2.75, 3.05) is 0 Å². The van der Waals surface area contributed by atoms with Crippen LogP contribution in [0.15, 0.2) is 48.5 Å². The zero-order valence-electron chi connectivity index (χ0n) is 16.7. The van der Waals surface area contributed by atoms with Gasteiger partial charge in [-0.1, -0.05) is 74.9 Å². The molecule has 1 saturated carbocycles. The molecule has 1 aromatic heterocycles. The molecular formula is C24H29N3O. The molecule has 1 aliphatic carbocycles. The van der Waals surface area contributed by atoms with Crippen LogP contribution in [0.25, 0.3) is 11.0 Å². The predicted molar refractivity (Wildman–Crippen MR) is 113 cm³/mol. The summed E-state index contributed by atoms with van der Waals surface area (Å²) < 4.78 is 1.40. The second-order valence-electron chi connectivity index (χ2n) is 8.17. The first-order chi connectivity index (χ1) is 13.7. The SMILES string of the molecule is CCCCCC1(c2ccc(C(=O)n3nnc4ccccc43)cc2)CCCCC1. The van der Waals surface area contributed by atoms with Crippen LogP contribution < -0.4 is 0 Å². The van der Waals surface area contributed by atoms with Crippen molar-refractivity contribution in [3.63, 3.8) is 0 Å². The maximum atomic E-state index is 13.0. The van der Waals surface area contributed by atoms with Crippen molar-refractivity contribution in [1.82, 2.24) is 15.0 Å². The number of para-hydroxylation sites is 1. The number of benzene rings is 2. The number of fused-ring (bicyclic) bond motifs is 1. The van der Waals surface area contributed by atoms with Crippen molar-refractivity contribution in [3.05, 3.63) is 59.7 Å². The second-order valence-corrected chi connectivity index (χ2v) is 8.17. The van der Waals surface area contributed by atoms with Crippen LogP contribution in [0, 0.1) is 0 Å². The van der Waals surface area contributed by atoms with E-state index < -0.39 is 0 Å². The highest BCUT2D eigenvalue weighted by Gasteiger charge is 2.33. The van der Waals surface area contributed by atoms with E-state index in [1.807, 2.05) is 36.4 Å². The highest BCUT2D eigenvalue weighted by molar-refractivity contribution is 6.00. The van der Waals surface area contributed by atoms with Gasteiger partial charge >= 0.3 is 0 Å². The number of nitrogens with zero attached hydrogens (tertiary/aromatic N) is 3. The van der Waals surface area contributed by atoms with Crippen molar-refractivity contribution in [1.29, 1.82) is 0 Å². The minimum atomic E-state index is -0.121. The van der Waals surface area contributed by atoms with Gasteiger partial charge in [0.25, 0.3) is 5.91 Å². The smallest absolute Gasteiger partial charge is 0.267 e. The van der Waals surface area contributed by atoms with Crippen LogP contribution >= 0.6 is 0 Å². The third-order valence-electron chi connectivity index (χ3n) is 6.36. The summed E-state index contributed by atoms with van der Waals surface area (Å²) in [7, 11) is 0. The van der Waals surface area contributed by atoms with Crippen molar-refractivity contribution in [2.24, 2.45) is 0 Å². The van der Waals surface area contributed by atoms with Gasteiger partial charge in [-0.15, -0.1) is 5.10 Å². The van der Waals surface area contributed by atoms with Crippen LogP contribution in [0.2, 0.25) is 0 Å². The molecule has 4 nitrogen and oxygen atoms in total. The summed E-state index contributed by atoms with van der Waals surface area (Å²) in [6, 6.07) is 15.9. The molecule has 0 aliphatic heterocycles. The normalized spacial score (nSPS) is 16.3. The molecule has 146 valence electrons. The lowest BCUT2D eigenvalue weighted by atomic mass is 9.66. The molecule has 0 atom stereocenters. The zero-order chi connectivity index (χ0) is 19.4. The largest absolute Gasteiger partial charge is 0.280 e. The Bertz CT molecular complexity index is 936. The van der Waals surface area contributed by atoms with Gasteiger partial charge in [-0.3, -0.25) is 4.79 Å². The maximum Gasteiger partial charge on any atom is 0.280 e. The van der Waals surface area contributed by atoms with E-state index in [1.54, 1.807) is 0 Å². The number of unbranched alkanes of at least 4 members (excludes halogenated alkanes) is 2. The van der Waals surface area contributed by atoms with Gasteiger partial charge < -0.3 is 0 Å². The molecule has 1 fully saturated rings. The standard InChI is InChI=1S/C24H29N3O/c1-2-3-7-16-24(17-8-4-9-18-24)20-14-12-19(13-15-20)23(28)27-22-11-6-5-10-21(22)25-26-27/h5-6,10-15H,2-4,7-9,16-18H2,1H3. The molecule has 0 radical (unpaired) electrons. The molecule has 0 amide bonds. The summed E-state index contributed by atoms with van der Waals surface area (Å²) in [6.07, 6.45) is 11.7. The average molecular weight is 376 g/mol. The fourth-order valence-electron chi connectivity index (χ4n) is 4.73. The molecule has 28 heavy (non-hydrogen) atoms. The molecule has 0 saturated heterocycles. The highest BCUT2D eigenvalue weighted by atomic mass is 16.2. The van der Waals surface area contributed by atoms with Crippen LogP contribution in [-0.2, 0) is 5.41 Å². The van der Waals surface area contributed by atoms with Gasteiger partial charge in [-0.05, 0) is 54.5 Å². The third kappa shape index (κ3) is 3.60. The van der Waals surface area contributed by atoms with Crippen LogP contribution in [-0.4, -0.2) is 20.9 Å². The summed E-state index contributed by atoms with van der Waals surface area (Å²) >= 11 is 0. The molecule has 2 aromatic carbocycles. The lowest BCUT2D eigenvalue weighted by molar-refractivity contribution is 0.0948. The van der Waals surface area contributed by atoms with Crippen LogP contribution in [0.3, 0.4) is 0 Å². The summed E-state index contributed by atoms with van der Waals surface area (Å²) in [5.41, 5.74) is 3.86. The highest BCUT2D eigenvalue weighted by Crippen LogP contribution is 2.43. The monoisotopic (exact) mass is 375 g/mol. The first-order valence-electron chi connectivity index (χ1n) is 10.7. The molecule has 4 rings (SSSR count). The number of carbonyl (C=O) groups is 1. The Morgan fingerprint density at radius 3 is 2.50 bits per heavy atom. The first-order valence-corrected chi connectivity index (χ1v) is 10.7. The van der Waals surface area contributed by atoms with Gasteiger partial charge in [0.05, 0.1) is 5.52 Å². The van der Waals surface area contributed by atoms with Gasteiger partial charge in [0.2, 0.25) is 0 Å². The fourth-order valence-corrected chi connectivity index (χ4v) is 4.73. The molecule has 4 heteroatoms. The molecule has 0 unspecified atom stereocenters. The summed E-state index contributed by atoms with van der Waals surface area (Å²) in [6.45, 7) is 2.27. The van der Waals surface area contributed by atoms with E-state index in [4.69, 9.17) is 0 Å². The van der Waals surface area contributed by atoms with E-state index in [9.17, 15) is 4.79 Å². The second kappa shape index (κ2) is 8.26. The van der Waals surface area contributed by atoms with E-state index in [2.05, 4.69) is 29.4 Å². The van der Waals surface area contributed by atoms with Crippen molar-refractivity contribution in [3.8, 4) is 0 Å². The minimum absolute atomic E-state index is 0.121. The van der Waals surface area contributed by atoms with Crippen molar-refractivity contribution in [2.45, 2.75) is 70.1 Å². The Hall–Kier alpha value is -2.49. The van der Waals surface area contributed by atoms with E-state index >= 15 is 0 Å². The van der Waals surface area contributed by atoms with Crippen molar-refractivity contribution < 1.29 is 4.79 Å². The topological polar surface area (TPSA) is 47.8 Å². The molecule has 0 bridgehead atoms. The predicted octanol–water partition coefficient (Wildman–Crippen LogP) is 5.90. The number of carbonyl (C=O) groups excluding carboxylic acids is 1. The fraction of sp³-hybridized carbons (Fsp3) is 0.458. The van der Waals surface area contributed by atoms with Gasteiger partial charge in [0.1, 0.15) is 5.52 Å². The summed E-state index contributed by atoms with van der Waals surface area (Å²) in [4.78, 5) is 13.0. The van der Waals surface area contributed by atoms with Crippen LogP contribution in [0.5, 0.6) is 0 Å². The third-order valence-corrected chi connectivity index (χ3v) is 6.36. The van der Waals surface area contributed by atoms with Gasteiger partial charge in [-0.25, -0.2) is 0 Å². The van der Waals surface area contributed by atoms with Gasteiger partial charge in [0.15, 0.2) is 0 Å². The first kappa shape index (κ1) is 18.9. The molecular weight excluding hydrogens is 346 g/mol. The van der Waals surface area contributed by atoms with E-state index in [1.165, 1.54) is 68.0 Å². The minimum Gasteiger partial charge on any atom is -0.267 e. The Balaban J connectivity index is 1.59. The van der Waals surface area contributed by atoms with Crippen molar-refractivity contribution >= 4 is 16.9 Å². The Labute approximate surface area is 167 Å². The van der Waals surface area contributed by atoms with Gasteiger partial charge in [-0.2, -0.15) is 4.68 Å². The molecule has 1 heterocycles. The Morgan fingerprint density at radius 2 is 1.75 bits per heavy atom. The number of hydrogen-bond acceptors (Lipinski definition) is 3. The summed E-state index contributed by atoms with van der Waals surface area (Å²) in [5.74, 6) is -0.121. The quantitative estimate of drug-likeness (QED) is 0.504. The number of rotatable bonds is 6. The summed E-state index contributed by atoms with van der Waals surface area (Å²) in [5, 5.41) is 8.17. The number of hydrogen-bond donors (Lipinski definition) is 0. The lowest BCUT2D eigenvalue weighted by Crippen LogP contribution is -2.29. The van der Waals surface area contributed by atoms with E-state index in [0.29, 0.717) is 11.0 Å². The Kier molecular flexibility index (Phi) is 5.56. The Morgan fingerprint density at radius 1 is 1.00 bits per heavy atom. The van der Waals surface area contributed by atoms with Gasteiger partial charge in [0, 0.05) is 5.56 Å². The molecule has 0 N–H and O–H groups in total. The lowest BCUT2D eigenvalue weighted by Gasteiger charge is -2.38. The maximum absolute atomic E-state index is 13.0. The molecule has 0 spiro atoms. The molecule has 3 aromatic rings.